The van der Waals surface area contributed by atoms with E-state index < -0.39 is 8.07 Å². The van der Waals surface area contributed by atoms with E-state index in [1.165, 1.54) is 36.2 Å². The first-order chi connectivity index (χ1) is 8.64. The third kappa shape index (κ3) is 6.97. The molecule has 0 bridgehead atoms. The van der Waals surface area contributed by atoms with Crippen LogP contribution in [0.2, 0.25) is 24.2 Å². The van der Waals surface area contributed by atoms with Crippen LogP contribution in [0.4, 0.5) is 0 Å². The molecule has 0 atom stereocenters. The fourth-order valence-corrected chi connectivity index (χ4v) is 5.81. The van der Waals surface area contributed by atoms with E-state index in [9.17, 15) is 0 Å². The van der Waals surface area contributed by atoms with Crippen molar-refractivity contribution in [1.82, 2.24) is 0 Å². The van der Waals surface area contributed by atoms with Gasteiger partial charge >= 0.3 is 0 Å². The zero-order valence-corrected chi connectivity index (χ0v) is 13.7. The van der Waals surface area contributed by atoms with E-state index in [0.717, 1.165) is 6.54 Å². The molecule has 0 amide bonds. The molecular formula is C16H31NSi. The van der Waals surface area contributed by atoms with Crippen LogP contribution >= 0.6 is 0 Å². The molecule has 0 saturated carbocycles. The second-order valence-electron chi connectivity index (χ2n) is 5.11. The summed E-state index contributed by atoms with van der Waals surface area (Å²) in [5.74, 6) is 0. The Morgan fingerprint density at radius 1 is 0.944 bits per heavy atom. The van der Waals surface area contributed by atoms with Crippen LogP contribution in [0.3, 0.4) is 0 Å². The minimum absolute atomic E-state index is 0.818. The molecule has 0 aliphatic carbocycles. The highest BCUT2D eigenvalue weighted by atomic mass is 28.3. The first-order valence-corrected chi connectivity index (χ1v) is 10.2. The summed E-state index contributed by atoms with van der Waals surface area (Å²) in [4.78, 5) is 0. The summed E-state index contributed by atoms with van der Waals surface area (Å²) in [6, 6.07) is 16.0. The lowest BCUT2D eigenvalue weighted by Gasteiger charge is -2.27. The molecule has 1 aromatic carbocycles. The predicted molar refractivity (Wildman–Crippen MR) is 86.9 cm³/mol. The van der Waals surface area contributed by atoms with E-state index in [0.29, 0.717) is 0 Å². The number of benzene rings is 1. The van der Waals surface area contributed by atoms with Crippen LogP contribution in [-0.4, -0.2) is 14.6 Å². The molecule has 104 valence electrons. The molecule has 18 heavy (non-hydrogen) atoms. The van der Waals surface area contributed by atoms with Gasteiger partial charge in [-0.2, -0.15) is 0 Å². The van der Waals surface area contributed by atoms with Crippen LogP contribution in [0.15, 0.2) is 30.3 Å². The van der Waals surface area contributed by atoms with Gasteiger partial charge in [-0.15, -0.1) is 0 Å². The minimum atomic E-state index is -0.818. The Morgan fingerprint density at radius 3 is 1.72 bits per heavy atom. The van der Waals surface area contributed by atoms with Gasteiger partial charge in [-0.1, -0.05) is 80.8 Å². The van der Waals surface area contributed by atoms with Crippen LogP contribution in [0.1, 0.15) is 32.8 Å². The van der Waals surface area contributed by atoms with E-state index in [1.54, 1.807) is 0 Å². The molecule has 0 fully saturated rings. The maximum atomic E-state index is 5.52. The first-order valence-electron chi connectivity index (χ1n) is 7.35. The Labute approximate surface area is 115 Å². The molecule has 0 aliphatic heterocycles. The molecular weight excluding hydrogens is 234 g/mol. The average molecular weight is 266 g/mol. The summed E-state index contributed by atoms with van der Waals surface area (Å²) < 4.78 is 0. The van der Waals surface area contributed by atoms with Crippen molar-refractivity contribution < 1.29 is 0 Å². The monoisotopic (exact) mass is 265 g/mol. The van der Waals surface area contributed by atoms with Crippen LogP contribution < -0.4 is 5.73 Å². The molecule has 0 heterocycles. The third-order valence-electron chi connectivity index (χ3n) is 4.10. The third-order valence-corrected chi connectivity index (χ3v) is 10.0. The Morgan fingerprint density at radius 2 is 1.44 bits per heavy atom. The Hall–Kier alpha value is -0.603. The van der Waals surface area contributed by atoms with Crippen molar-refractivity contribution in [3.8, 4) is 0 Å². The zero-order valence-electron chi connectivity index (χ0n) is 12.7. The highest BCUT2D eigenvalue weighted by Gasteiger charge is 2.24. The summed E-state index contributed by atoms with van der Waals surface area (Å²) >= 11 is 0. The summed E-state index contributed by atoms with van der Waals surface area (Å²) in [7, 11) is -0.818. The Bertz CT molecular complexity index is 272. The Balaban J connectivity index is 0.000000351. The summed E-state index contributed by atoms with van der Waals surface area (Å²) in [6.45, 7) is 10.0. The fourth-order valence-electron chi connectivity index (χ4n) is 2.29. The highest BCUT2D eigenvalue weighted by Crippen LogP contribution is 2.25. The molecule has 2 heteroatoms. The topological polar surface area (TPSA) is 26.0 Å². The van der Waals surface area contributed by atoms with Gasteiger partial charge in [0.25, 0.3) is 0 Å². The van der Waals surface area contributed by atoms with Crippen molar-refractivity contribution in [3.63, 3.8) is 0 Å². The molecule has 0 saturated heterocycles. The lowest BCUT2D eigenvalue weighted by Crippen LogP contribution is -2.31. The first kappa shape index (κ1) is 17.4. The maximum Gasteiger partial charge on any atom is 0.0528 e. The predicted octanol–water partition coefficient (Wildman–Crippen LogP) is 4.84. The lowest BCUT2D eigenvalue weighted by atomic mass is 10.2. The smallest absolute Gasteiger partial charge is 0.0528 e. The summed E-state index contributed by atoms with van der Waals surface area (Å²) in [6.07, 6.45) is 1.25. The molecule has 0 radical (unpaired) electrons. The van der Waals surface area contributed by atoms with E-state index >= 15 is 0 Å². The van der Waals surface area contributed by atoms with E-state index in [1.807, 2.05) is 18.2 Å². The number of hydrogen-bond acceptors (Lipinski definition) is 1. The van der Waals surface area contributed by atoms with Gasteiger partial charge in [0.15, 0.2) is 0 Å². The molecule has 1 aromatic rings. The van der Waals surface area contributed by atoms with Gasteiger partial charge in [0.05, 0.1) is 8.07 Å². The molecule has 1 rings (SSSR count). The van der Waals surface area contributed by atoms with Gasteiger partial charge in [0, 0.05) is 0 Å². The van der Waals surface area contributed by atoms with E-state index in [2.05, 4.69) is 39.8 Å². The minimum Gasteiger partial charge on any atom is -0.330 e. The van der Waals surface area contributed by atoms with Crippen molar-refractivity contribution in [2.24, 2.45) is 5.73 Å². The highest BCUT2D eigenvalue weighted by molar-refractivity contribution is 6.79. The lowest BCUT2D eigenvalue weighted by molar-refractivity contribution is 0.892. The van der Waals surface area contributed by atoms with E-state index in [4.69, 9.17) is 5.73 Å². The second-order valence-corrected chi connectivity index (χ2v) is 10.7. The van der Waals surface area contributed by atoms with Gasteiger partial charge < -0.3 is 5.73 Å². The average Bonchev–Trinajstić information content (AvgIpc) is 2.43. The molecule has 1 nitrogen and oxygen atoms in total. The van der Waals surface area contributed by atoms with Gasteiger partial charge in [-0.3, -0.25) is 0 Å². The normalized spacial score (nSPS) is 10.7. The quantitative estimate of drug-likeness (QED) is 0.732. The molecule has 0 aromatic heterocycles. The molecule has 0 aliphatic rings. The summed E-state index contributed by atoms with van der Waals surface area (Å²) in [5, 5.41) is 0. The number of rotatable bonds is 6. The fraction of sp³-hybridized carbons (Fsp3) is 0.625. The molecule has 0 spiro atoms. The van der Waals surface area contributed by atoms with Crippen molar-refractivity contribution in [3.05, 3.63) is 35.9 Å². The van der Waals surface area contributed by atoms with Crippen LogP contribution in [0, 0.1) is 6.92 Å². The van der Waals surface area contributed by atoms with Gasteiger partial charge in [-0.05, 0) is 19.9 Å². The van der Waals surface area contributed by atoms with Gasteiger partial charge in [-0.25, -0.2) is 0 Å². The van der Waals surface area contributed by atoms with Crippen LogP contribution in [0.5, 0.6) is 0 Å². The van der Waals surface area contributed by atoms with Crippen LogP contribution in [0.25, 0.3) is 0 Å². The largest absolute Gasteiger partial charge is 0.330 e. The van der Waals surface area contributed by atoms with Crippen molar-refractivity contribution in [2.75, 3.05) is 6.54 Å². The molecule has 0 unspecified atom stereocenters. The van der Waals surface area contributed by atoms with Crippen molar-refractivity contribution >= 4 is 8.07 Å². The summed E-state index contributed by atoms with van der Waals surface area (Å²) in [5.41, 5.74) is 6.84. The number of aryl methyl sites for hydroxylation is 1. The van der Waals surface area contributed by atoms with Crippen molar-refractivity contribution in [2.45, 2.75) is 58.3 Å². The SMILES string of the molecule is CC[Si](CC)(CC)CCCN.Cc1ccccc1. The van der Waals surface area contributed by atoms with Gasteiger partial charge in [0.2, 0.25) is 0 Å². The van der Waals surface area contributed by atoms with E-state index in [-0.39, 0.29) is 0 Å². The van der Waals surface area contributed by atoms with Crippen molar-refractivity contribution in [1.29, 1.82) is 0 Å². The number of nitrogens with two attached hydrogens (primary N) is 1. The molecule has 2 N–H and O–H groups in total. The second kappa shape index (κ2) is 10.3. The maximum absolute atomic E-state index is 5.52. The number of hydrogen-bond donors (Lipinski definition) is 1. The van der Waals surface area contributed by atoms with Gasteiger partial charge in [0.1, 0.15) is 0 Å². The zero-order chi connectivity index (χ0) is 13.9. The Kier molecular flexibility index (Phi) is 9.99. The standard InChI is InChI=1S/C9H23NSi.C7H8/c1-4-11(5-2,6-3)9-7-8-10;1-7-5-3-2-4-6-7/h4-10H2,1-3H3;2-6H,1H3. The van der Waals surface area contributed by atoms with Crippen LogP contribution in [-0.2, 0) is 0 Å².